The molecule has 0 fully saturated rings. The number of alkyl halides is 1. The Kier molecular flexibility index (Phi) is 7.20. The summed E-state index contributed by atoms with van der Waals surface area (Å²) in [6.45, 7) is 4.96. The van der Waals surface area contributed by atoms with Gasteiger partial charge in [-0.1, -0.05) is 13.8 Å². The lowest BCUT2D eigenvalue weighted by Gasteiger charge is -2.06. The number of amides is 2. The lowest BCUT2D eigenvalue weighted by Crippen LogP contribution is -2.41. The van der Waals surface area contributed by atoms with E-state index in [0.29, 0.717) is 24.9 Å². The van der Waals surface area contributed by atoms with Crippen LogP contribution in [0.25, 0.3) is 0 Å². The third-order valence-corrected chi connectivity index (χ3v) is 1.78. The Labute approximate surface area is 89.4 Å². The first-order valence-electron chi connectivity index (χ1n) is 4.70. The van der Waals surface area contributed by atoms with Crippen LogP contribution < -0.4 is 10.6 Å². The Morgan fingerprint density at radius 3 is 2.07 bits per heavy atom. The zero-order chi connectivity index (χ0) is 11.0. The van der Waals surface area contributed by atoms with Gasteiger partial charge in [0.15, 0.2) is 0 Å². The highest BCUT2D eigenvalue weighted by Crippen LogP contribution is 1.95. The Morgan fingerprint density at radius 1 is 1.14 bits per heavy atom. The molecule has 0 aliphatic heterocycles. The predicted octanol–water partition coefficient (Wildman–Crippen LogP) is 0.504. The fraction of sp³-hybridized carbons (Fsp3) is 0.778. The van der Waals surface area contributed by atoms with E-state index < -0.39 is 11.8 Å². The van der Waals surface area contributed by atoms with E-state index in [4.69, 9.17) is 11.6 Å². The molecule has 0 saturated carbocycles. The first-order valence-corrected chi connectivity index (χ1v) is 5.23. The van der Waals surface area contributed by atoms with Gasteiger partial charge in [-0.05, 0) is 12.3 Å². The van der Waals surface area contributed by atoms with Crippen molar-refractivity contribution in [3.8, 4) is 0 Å². The number of nitrogens with one attached hydrogen (secondary N) is 2. The van der Waals surface area contributed by atoms with E-state index in [1.807, 2.05) is 0 Å². The van der Waals surface area contributed by atoms with Gasteiger partial charge < -0.3 is 10.6 Å². The minimum Gasteiger partial charge on any atom is -0.348 e. The van der Waals surface area contributed by atoms with Crippen LogP contribution in [0.15, 0.2) is 0 Å². The van der Waals surface area contributed by atoms with Crippen molar-refractivity contribution < 1.29 is 9.59 Å². The molecular formula is C9H17ClN2O2. The molecule has 5 heteroatoms. The second-order valence-electron chi connectivity index (χ2n) is 3.38. The van der Waals surface area contributed by atoms with E-state index in [0.717, 1.165) is 6.42 Å². The maximum atomic E-state index is 11.1. The molecule has 2 N–H and O–H groups in total. The van der Waals surface area contributed by atoms with Crippen molar-refractivity contribution in [2.24, 2.45) is 5.92 Å². The van der Waals surface area contributed by atoms with Gasteiger partial charge in [0.05, 0.1) is 0 Å². The van der Waals surface area contributed by atoms with Crippen molar-refractivity contribution in [2.75, 3.05) is 19.0 Å². The van der Waals surface area contributed by atoms with Gasteiger partial charge in [-0.15, -0.1) is 11.6 Å². The zero-order valence-electron chi connectivity index (χ0n) is 8.60. The second kappa shape index (κ2) is 7.62. The van der Waals surface area contributed by atoms with E-state index in [1.54, 1.807) is 0 Å². The van der Waals surface area contributed by atoms with Crippen LogP contribution in [0.3, 0.4) is 0 Å². The van der Waals surface area contributed by atoms with Crippen molar-refractivity contribution in [3.63, 3.8) is 0 Å². The van der Waals surface area contributed by atoms with Crippen LogP contribution in [-0.4, -0.2) is 30.8 Å². The summed E-state index contributed by atoms with van der Waals surface area (Å²) in [4.78, 5) is 22.1. The Morgan fingerprint density at radius 2 is 1.64 bits per heavy atom. The van der Waals surface area contributed by atoms with Crippen molar-refractivity contribution in [3.05, 3.63) is 0 Å². The fourth-order valence-corrected chi connectivity index (χ4v) is 0.890. The van der Waals surface area contributed by atoms with E-state index in [-0.39, 0.29) is 0 Å². The molecule has 14 heavy (non-hydrogen) atoms. The molecule has 2 amide bonds. The quantitative estimate of drug-likeness (QED) is 0.524. The van der Waals surface area contributed by atoms with Crippen LogP contribution in [-0.2, 0) is 9.59 Å². The number of carbonyl (C=O) groups is 2. The average molecular weight is 221 g/mol. The highest BCUT2D eigenvalue weighted by Gasteiger charge is 2.11. The van der Waals surface area contributed by atoms with E-state index in [2.05, 4.69) is 24.5 Å². The largest absolute Gasteiger partial charge is 0.348 e. The summed E-state index contributed by atoms with van der Waals surface area (Å²) in [6.07, 6.45) is 0.870. The fourth-order valence-electron chi connectivity index (χ4n) is 0.796. The molecular weight excluding hydrogens is 204 g/mol. The highest BCUT2D eigenvalue weighted by atomic mass is 35.5. The summed E-state index contributed by atoms with van der Waals surface area (Å²) < 4.78 is 0. The van der Waals surface area contributed by atoms with Gasteiger partial charge in [0.2, 0.25) is 0 Å². The third kappa shape index (κ3) is 6.71. The molecule has 0 saturated heterocycles. The van der Waals surface area contributed by atoms with Crippen molar-refractivity contribution >= 4 is 23.4 Å². The Balaban J connectivity index is 3.57. The van der Waals surface area contributed by atoms with Gasteiger partial charge in [-0.25, -0.2) is 0 Å². The van der Waals surface area contributed by atoms with E-state index in [9.17, 15) is 9.59 Å². The predicted molar refractivity (Wildman–Crippen MR) is 56.2 cm³/mol. The van der Waals surface area contributed by atoms with Crippen LogP contribution in [0.1, 0.15) is 20.3 Å². The molecule has 0 heterocycles. The number of hydrogen-bond donors (Lipinski definition) is 2. The topological polar surface area (TPSA) is 58.2 Å². The zero-order valence-corrected chi connectivity index (χ0v) is 9.36. The molecule has 0 bridgehead atoms. The molecule has 0 aromatic rings. The van der Waals surface area contributed by atoms with Crippen LogP contribution >= 0.6 is 11.6 Å². The van der Waals surface area contributed by atoms with Crippen LogP contribution in [0.5, 0.6) is 0 Å². The summed E-state index contributed by atoms with van der Waals surface area (Å²) in [6, 6.07) is 0. The summed E-state index contributed by atoms with van der Waals surface area (Å²) in [5, 5.41) is 4.92. The summed E-state index contributed by atoms with van der Waals surface area (Å²) >= 11 is 5.35. The molecule has 4 nitrogen and oxygen atoms in total. The van der Waals surface area contributed by atoms with Crippen LogP contribution in [0, 0.1) is 5.92 Å². The minimum absolute atomic E-state index is 0.311. The molecule has 0 aliphatic carbocycles. The number of carbonyl (C=O) groups excluding carboxylic acids is 2. The minimum atomic E-state index is -0.616. The molecule has 0 spiro atoms. The van der Waals surface area contributed by atoms with Crippen molar-refractivity contribution in [2.45, 2.75) is 20.3 Å². The Bertz CT molecular complexity index is 195. The maximum Gasteiger partial charge on any atom is 0.309 e. The molecule has 0 unspecified atom stereocenters. The van der Waals surface area contributed by atoms with Gasteiger partial charge in [-0.2, -0.15) is 0 Å². The van der Waals surface area contributed by atoms with Crippen molar-refractivity contribution in [1.29, 1.82) is 0 Å². The monoisotopic (exact) mass is 220 g/mol. The van der Waals surface area contributed by atoms with Crippen LogP contribution in [0.2, 0.25) is 0 Å². The first-order chi connectivity index (χ1) is 6.57. The lowest BCUT2D eigenvalue weighted by molar-refractivity contribution is -0.139. The molecule has 0 atom stereocenters. The van der Waals surface area contributed by atoms with Gasteiger partial charge in [0.1, 0.15) is 0 Å². The highest BCUT2D eigenvalue weighted by molar-refractivity contribution is 6.35. The Hall–Kier alpha value is -0.770. The molecule has 0 aromatic heterocycles. The SMILES string of the molecule is CC(C)CCNC(=O)C(=O)NCCCl. The summed E-state index contributed by atoms with van der Waals surface area (Å²) in [5.74, 6) is -0.378. The second-order valence-corrected chi connectivity index (χ2v) is 3.76. The smallest absolute Gasteiger partial charge is 0.309 e. The number of hydrogen-bond acceptors (Lipinski definition) is 2. The van der Waals surface area contributed by atoms with Crippen molar-refractivity contribution in [1.82, 2.24) is 10.6 Å². The van der Waals surface area contributed by atoms with E-state index in [1.165, 1.54) is 0 Å². The lowest BCUT2D eigenvalue weighted by atomic mass is 10.1. The van der Waals surface area contributed by atoms with Crippen LogP contribution in [0.4, 0.5) is 0 Å². The summed E-state index contributed by atoms with van der Waals surface area (Å²) in [7, 11) is 0. The molecule has 0 radical (unpaired) electrons. The first kappa shape index (κ1) is 13.2. The number of halogens is 1. The third-order valence-electron chi connectivity index (χ3n) is 1.59. The standard InChI is InChI=1S/C9H17ClN2O2/c1-7(2)3-5-11-8(13)9(14)12-6-4-10/h7H,3-6H2,1-2H3,(H,11,13)(H,12,14). The van der Waals surface area contributed by atoms with Gasteiger partial charge in [-0.3, -0.25) is 9.59 Å². The van der Waals surface area contributed by atoms with E-state index >= 15 is 0 Å². The average Bonchev–Trinajstić information content (AvgIpc) is 2.13. The van der Waals surface area contributed by atoms with Gasteiger partial charge in [0, 0.05) is 19.0 Å². The van der Waals surface area contributed by atoms with Gasteiger partial charge >= 0.3 is 11.8 Å². The molecule has 0 rings (SSSR count). The summed E-state index contributed by atoms with van der Waals surface area (Å²) in [5.41, 5.74) is 0. The maximum absolute atomic E-state index is 11.1. The molecule has 0 aromatic carbocycles. The molecule has 0 aliphatic rings. The number of rotatable bonds is 5. The normalized spacial score (nSPS) is 10.0. The molecule has 82 valence electrons. The van der Waals surface area contributed by atoms with Gasteiger partial charge in [0.25, 0.3) is 0 Å².